The van der Waals surface area contributed by atoms with Gasteiger partial charge in [0.25, 0.3) is 0 Å². The lowest BCUT2D eigenvalue weighted by atomic mass is 9.93. The van der Waals surface area contributed by atoms with Crippen LogP contribution in [0.3, 0.4) is 0 Å². The van der Waals surface area contributed by atoms with Crippen molar-refractivity contribution < 1.29 is 0 Å². The van der Waals surface area contributed by atoms with E-state index in [1.807, 2.05) is 36.4 Å². The molecule has 0 heterocycles. The van der Waals surface area contributed by atoms with Crippen LogP contribution in [0.5, 0.6) is 0 Å². The summed E-state index contributed by atoms with van der Waals surface area (Å²) in [4.78, 5) is 0. The first-order valence-electron chi connectivity index (χ1n) is 7.21. The Morgan fingerprint density at radius 1 is 0.783 bits per heavy atom. The lowest BCUT2D eigenvalue weighted by Gasteiger charge is -2.10. The van der Waals surface area contributed by atoms with Gasteiger partial charge in [0.15, 0.2) is 0 Å². The minimum Gasteiger partial charge on any atom is -0.192 e. The summed E-state index contributed by atoms with van der Waals surface area (Å²) < 4.78 is 1.22. The van der Waals surface area contributed by atoms with Crippen LogP contribution in [0.15, 0.2) is 60.7 Å². The van der Waals surface area contributed by atoms with Crippen molar-refractivity contribution in [3.63, 3.8) is 0 Å². The van der Waals surface area contributed by atoms with Gasteiger partial charge in [0.05, 0.1) is 11.6 Å². The molecule has 0 saturated heterocycles. The van der Waals surface area contributed by atoms with Gasteiger partial charge >= 0.3 is 0 Å². The summed E-state index contributed by atoms with van der Waals surface area (Å²) in [6, 6.07) is 29.1. The Labute approximate surface area is 148 Å². The second-order valence-corrected chi connectivity index (χ2v) is 6.60. The minimum atomic E-state index is 0.672. The van der Waals surface area contributed by atoms with E-state index >= 15 is 0 Å². The van der Waals surface area contributed by atoms with Gasteiger partial charge in [-0.05, 0) is 91.7 Å². The highest BCUT2D eigenvalue weighted by Gasteiger charge is 2.09. The van der Waals surface area contributed by atoms with Crippen LogP contribution >= 0.6 is 22.6 Å². The molecule has 0 atom stereocenters. The highest BCUT2D eigenvalue weighted by Crippen LogP contribution is 2.34. The van der Waals surface area contributed by atoms with Gasteiger partial charge in [0, 0.05) is 3.57 Å². The molecule has 0 N–H and O–H groups in total. The fraction of sp³-hybridized carbons (Fsp3) is 0. The van der Waals surface area contributed by atoms with Crippen LogP contribution in [0.4, 0.5) is 0 Å². The van der Waals surface area contributed by atoms with E-state index in [0.29, 0.717) is 5.56 Å². The number of benzene rings is 4. The van der Waals surface area contributed by atoms with Crippen molar-refractivity contribution in [1.82, 2.24) is 0 Å². The van der Waals surface area contributed by atoms with Gasteiger partial charge in [-0.15, -0.1) is 0 Å². The molecule has 106 valence electrons. The summed E-state index contributed by atoms with van der Waals surface area (Å²) >= 11 is 2.33. The Bertz CT molecular complexity index is 1090. The van der Waals surface area contributed by atoms with Crippen LogP contribution in [-0.4, -0.2) is 0 Å². The molecular formula is C21H10IN. The van der Waals surface area contributed by atoms with E-state index < -0.39 is 0 Å². The summed E-state index contributed by atoms with van der Waals surface area (Å²) in [5, 5.41) is 13.6. The van der Waals surface area contributed by atoms with Crippen molar-refractivity contribution in [2.24, 2.45) is 0 Å². The molecule has 0 aromatic heterocycles. The first-order valence-corrected chi connectivity index (χ1v) is 8.29. The average molecular weight is 403 g/mol. The zero-order valence-electron chi connectivity index (χ0n) is 12.1. The lowest BCUT2D eigenvalue weighted by Crippen LogP contribution is -1.86. The van der Waals surface area contributed by atoms with Gasteiger partial charge in [0.2, 0.25) is 0 Å². The van der Waals surface area contributed by atoms with Crippen molar-refractivity contribution in [3.05, 3.63) is 81.9 Å². The molecule has 0 aliphatic rings. The third kappa shape index (κ3) is 2.47. The highest BCUT2D eigenvalue weighted by molar-refractivity contribution is 14.1. The molecule has 4 aromatic carbocycles. The third-order valence-electron chi connectivity index (χ3n) is 3.96. The molecular weight excluding hydrogens is 393 g/mol. The van der Waals surface area contributed by atoms with Crippen LogP contribution in [0.1, 0.15) is 5.56 Å². The van der Waals surface area contributed by atoms with E-state index in [0.717, 1.165) is 21.9 Å². The van der Waals surface area contributed by atoms with Crippen molar-refractivity contribution in [2.75, 3.05) is 0 Å². The monoisotopic (exact) mass is 403 g/mol. The molecule has 0 unspecified atom stereocenters. The van der Waals surface area contributed by atoms with Crippen molar-refractivity contribution in [1.29, 1.82) is 5.26 Å². The molecule has 4 aromatic rings. The molecule has 0 saturated carbocycles. The molecule has 2 radical (unpaired) electrons. The second-order valence-electron chi connectivity index (χ2n) is 5.35. The van der Waals surface area contributed by atoms with Crippen molar-refractivity contribution in [3.8, 4) is 17.2 Å². The van der Waals surface area contributed by atoms with Gasteiger partial charge in [-0.3, -0.25) is 0 Å². The largest absolute Gasteiger partial charge is 0.192 e. The average Bonchev–Trinajstić information content (AvgIpc) is 2.60. The molecule has 0 aliphatic carbocycles. The zero-order valence-corrected chi connectivity index (χ0v) is 14.3. The molecule has 0 spiro atoms. The fourth-order valence-corrected chi connectivity index (χ4v) is 3.41. The smallest absolute Gasteiger partial charge is 0.0991 e. The van der Waals surface area contributed by atoms with E-state index in [-0.39, 0.29) is 0 Å². The predicted molar refractivity (Wildman–Crippen MR) is 102 cm³/mol. The van der Waals surface area contributed by atoms with Crippen molar-refractivity contribution >= 4 is 44.1 Å². The number of rotatable bonds is 1. The standard InChI is InChI=1S/C21H10IN/c22-17-8-10-19-16(12-17)4-2-6-21(19)20-5-1-3-15-11-14(13-23)7-9-18(15)20/h1-4,7-12H. The van der Waals surface area contributed by atoms with Crippen LogP contribution in [-0.2, 0) is 0 Å². The van der Waals surface area contributed by atoms with Gasteiger partial charge in [-0.2, -0.15) is 5.26 Å². The number of nitriles is 1. The van der Waals surface area contributed by atoms with Gasteiger partial charge in [0.1, 0.15) is 0 Å². The quantitative estimate of drug-likeness (QED) is 0.372. The SMILES string of the molecule is N#Cc1ccc2c(-c3[c]ccc4cc(I)ccc34)[c]ccc2c1. The van der Waals surface area contributed by atoms with Crippen LogP contribution in [0, 0.1) is 27.0 Å². The molecule has 4 rings (SSSR count). The Kier molecular flexibility index (Phi) is 3.51. The second kappa shape index (κ2) is 5.68. The van der Waals surface area contributed by atoms with Gasteiger partial charge < -0.3 is 0 Å². The van der Waals surface area contributed by atoms with Gasteiger partial charge in [-0.25, -0.2) is 0 Å². The maximum Gasteiger partial charge on any atom is 0.0991 e. The van der Waals surface area contributed by atoms with E-state index in [2.05, 4.69) is 65.1 Å². The van der Waals surface area contributed by atoms with Crippen LogP contribution in [0.25, 0.3) is 32.7 Å². The highest BCUT2D eigenvalue weighted by atomic mass is 127. The summed E-state index contributed by atoms with van der Waals surface area (Å²) in [5.74, 6) is 0. The Balaban J connectivity index is 2.05. The van der Waals surface area contributed by atoms with Crippen molar-refractivity contribution in [2.45, 2.75) is 0 Å². The molecule has 0 aliphatic heterocycles. The van der Waals surface area contributed by atoms with Crippen LogP contribution < -0.4 is 0 Å². The molecule has 0 fully saturated rings. The van der Waals surface area contributed by atoms with Gasteiger partial charge in [-0.1, -0.05) is 36.4 Å². The van der Waals surface area contributed by atoms with E-state index in [1.165, 1.54) is 14.3 Å². The van der Waals surface area contributed by atoms with E-state index in [4.69, 9.17) is 5.26 Å². The number of nitrogens with zero attached hydrogens (tertiary/aromatic N) is 1. The number of halogens is 1. The zero-order chi connectivity index (χ0) is 15.8. The summed E-state index contributed by atoms with van der Waals surface area (Å²) in [5.41, 5.74) is 2.75. The number of fused-ring (bicyclic) bond motifs is 2. The Morgan fingerprint density at radius 3 is 2.04 bits per heavy atom. The summed E-state index contributed by atoms with van der Waals surface area (Å²) in [6.45, 7) is 0. The molecule has 1 nitrogen and oxygen atoms in total. The first-order chi connectivity index (χ1) is 11.3. The maximum atomic E-state index is 9.09. The molecule has 0 bridgehead atoms. The summed E-state index contributed by atoms with van der Waals surface area (Å²) in [6.07, 6.45) is 0. The molecule has 0 amide bonds. The number of hydrogen-bond donors (Lipinski definition) is 0. The normalized spacial score (nSPS) is 10.8. The third-order valence-corrected chi connectivity index (χ3v) is 4.64. The number of hydrogen-bond acceptors (Lipinski definition) is 1. The maximum absolute atomic E-state index is 9.09. The predicted octanol–water partition coefficient (Wildman–Crippen LogP) is 5.74. The van der Waals surface area contributed by atoms with E-state index in [9.17, 15) is 0 Å². The molecule has 2 heteroatoms. The molecule has 23 heavy (non-hydrogen) atoms. The summed E-state index contributed by atoms with van der Waals surface area (Å²) in [7, 11) is 0. The topological polar surface area (TPSA) is 23.8 Å². The van der Waals surface area contributed by atoms with E-state index in [1.54, 1.807) is 0 Å². The lowest BCUT2D eigenvalue weighted by molar-refractivity contribution is 1.50. The van der Waals surface area contributed by atoms with Crippen LogP contribution in [0.2, 0.25) is 0 Å². The fourth-order valence-electron chi connectivity index (χ4n) is 2.90. The Morgan fingerprint density at radius 2 is 1.39 bits per heavy atom. The minimum absolute atomic E-state index is 0.672. The Hall–Kier alpha value is -2.38. The first kappa shape index (κ1) is 14.2.